The lowest BCUT2D eigenvalue weighted by molar-refractivity contribution is -0.117. The van der Waals surface area contributed by atoms with Crippen molar-refractivity contribution >= 4 is 11.7 Å². The number of carbonyl (C=O) groups excluding carboxylic acids is 1. The molecule has 1 atom stereocenters. The van der Waals surface area contributed by atoms with Crippen LogP contribution in [0.2, 0.25) is 0 Å². The molecule has 0 aliphatic rings. The van der Waals surface area contributed by atoms with Gasteiger partial charge in [0.1, 0.15) is 6.04 Å². The van der Waals surface area contributed by atoms with E-state index in [4.69, 9.17) is 5.73 Å². The molecule has 2 rings (SSSR count). The number of hydrogen-bond donors (Lipinski definition) is 3. The molecular formula is C15H20N4O. The number of nitrogens with one attached hydrogen (secondary N) is 2. The molecule has 0 fully saturated rings. The first-order valence-corrected chi connectivity index (χ1v) is 6.65. The van der Waals surface area contributed by atoms with Gasteiger partial charge in [-0.15, -0.1) is 0 Å². The summed E-state index contributed by atoms with van der Waals surface area (Å²) in [5.74, 6) is 0.566. The van der Waals surface area contributed by atoms with Gasteiger partial charge in [0, 0.05) is 11.8 Å². The Morgan fingerprint density at radius 2 is 1.95 bits per heavy atom. The molecule has 0 saturated heterocycles. The minimum Gasteiger partial charge on any atom is -0.316 e. The van der Waals surface area contributed by atoms with Crippen LogP contribution in [0.4, 0.5) is 5.82 Å². The molecule has 1 aromatic heterocycles. The largest absolute Gasteiger partial charge is 0.316 e. The van der Waals surface area contributed by atoms with Gasteiger partial charge in [-0.3, -0.25) is 9.89 Å². The van der Waals surface area contributed by atoms with Crippen molar-refractivity contribution in [1.29, 1.82) is 0 Å². The predicted molar refractivity (Wildman–Crippen MR) is 79.4 cm³/mol. The summed E-state index contributed by atoms with van der Waals surface area (Å²) in [4.78, 5) is 12.1. The van der Waals surface area contributed by atoms with Crippen LogP contribution < -0.4 is 11.1 Å². The highest BCUT2D eigenvalue weighted by Crippen LogP contribution is 2.17. The summed E-state index contributed by atoms with van der Waals surface area (Å²) in [5, 5.41) is 9.67. The number of rotatable bonds is 4. The van der Waals surface area contributed by atoms with Gasteiger partial charge in [0.05, 0.1) is 0 Å². The van der Waals surface area contributed by atoms with E-state index in [-0.39, 0.29) is 5.91 Å². The fraction of sp³-hybridized carbons (Fsp3) is 0.333. The average molecular weight is 272 g/mol. The van der Waals surface area contributed by atoms with E-state index >= 15 is 0 Å². The van der Waals surface area contributed by atoms with E-state index in [2.05, 4.69) is 29.4 Å². The van der Waals surface area contributed by atoms with Crippen molar-refractivity contribution in [3.05, 3.63) is 47.2 Å². The third-order valence-electron chi connectivity index (χ3n) is 3.19. The smallest absolute Gasteiger partial charge is 0.247 e. The first-order valence-electron chi connectivity index (χ1n) is 6.65. The fourth-order valence-electron chi connectivity index (χ4n) is 1.83. The second kappa shape index (κ2) is 5.88. The minimum atomic E-state index is -0.699. The number of anilines is 1. The molecule has 0 spiro atoms. The number of nitrogens with zero attached hydrogens (tertiary/aromatic N) is 1. The van der Waals surface area contributed by atoms with Gasteiger partial charge in [-0.2, -0.15) is 5.10 Å². The molecule has 106 valence electrons. The molecule has 5 nitrogen and oxygen atoms in total. The van der Waals surface area contributed by atoms with Crippen LogP contribution in [0.3, 0.4) is 0 Å². The molecule has 1 unspecified atom stereocenters. The number of benzene rings is 1. The second-order valence-corrected chi connectivity index (χ2v) is 5.24. The van der Waals surface area contributed by atoms with Crippen LogP contribution in [-0.2, 0) is 4.79 Å². The lowest BCUT2D eigenvalue weighted by Crippen LogP contribution is -2.27. The second-order valence-electron chi connectivity index (χ2n) is 5.24. The Kier molecular flexibility index (Phi) is 4.20. The lowest BCUT2D eigenvalue weighted by Gasteiger charge is -2.11. The van der Waals surface area contributed by atoms with E-state index in [0.29, 0.717) is 11.7 Å². The first kappa shape index (κ1) is 14.3. The van der Waals surface area contributed by atoms with E-state index in [1.54, 1.807) is 0 Å². The molecule has 4 N–H and O–H groups in total. The van der Waals surface area contributed by atoms with Crippen molar-refractivity contribution in [2.24, 2.45) is 5.73 Å². The Hall–Kier alpha value is -2.14. The van der Waals surface area contributed by atoms with Gasteiger partial charge >= 0.3 is 0 Å². The van der Waals surface area contributed by atoms with Crippen LogP contribution in [0.25, 0.3) is 0 Å². The third-order valence-corrected chi connectivity index (χ3v) is 3.19. The van der Waals surface area contributed by atoms with Gasteiger partial charge in [-0.05, 0) is 18.4 Å². The van der Waals surface area contributed by atoms with Crippen LogP contribution in [-0.4, -0.2) is 16.1 Å². The molecule has 20 heavy (non-hydrogen) atoms. The fourth-order valence-corrected chi connectivity index (χ4v) is 1.83. The molecule has 2 aromatic rings. The number of nitrogens with two attached hydrogens (primary N) is 1. The number of H-pyrrole nitrogens is 1. The minimum absolute atomic E-state index is 0.268. The van der Waals surface area contributed by atoms with Gasteiger partial charge in [-0.25, -0.2) is 0 Å². The normalized spacial score (nSPS) is 12.4. The van der Waals surface area contributed by atoms with Crippen molar-refractivity contribution in [2.45, 2.75) is 32.7 Å². The van der Waals surface area contributed by atoms with Crippen molar-refractivity contribution in [3.8, 4) is 0 Å². The Bertz CT molecular complexity index is 586. The van der Waals surface area contributed by atoms with Crippen LogP contribution in [0.1, 0.15) is 42.6 Å². The molecule has 0 aliphatic carbocycles. The zero-order valence-corrected chi connectivity index (χ0v) is 12.0. The van der Waals surface area contributed by atoms with E-state index in [9.17, 15) is 4.79 Å². The average Bonchev–Trinajstić information content (AvgIpc) is 2.87. The highest BCUT2D eigenvalue weighted by molar-refractivity contribution is 5.94. The molecule has 0 bridgehead atoms. The van der Waals surface area contributed by atoms with Gasteiger partial charge in [0.15, 0.2) is 5.82 Å². The van der Waals surface area contributed by atoms with Crippen LogP contribution in [0, 0.1) is 6.92 Å². The van der Waals surface area contributed by atoms with Crippen LogP contribution in [0.15, 0.2) is 30.3 Å². The van der Waals surface area contributed by atoms with E-state index < -0.39 is 6.04 Å². The quantitative estimate of drug-likeness (QED) is 0.799. The Morgan fingerprint density at radius 1 is 1.30 bits per heavy atom. The van der Waals surface area contributed by atoms with Crippen molar-refractivity contribution in [1.82, 2.24) is 10.2 Å². The molecule has 0 aliphatic heterocycles. The molecule has 0 radical (unpaired) electrons. The first-order chi connectivity index (χ1) is 9.47. The monoisotopic (exact) mass is 272 g/mol. The van der Waals surface area contributed by atoms with Gasteiger partial charge in [0.2, 0.25) is 5.91 Å². The maximum Gasteiger partial charge on any atom is 0.247 e. The summed E-state index contributed by atoms with van der Waals surface area (Å²) >= 11 is 0. The van der Waals surface area contributed by atoms with Crippen LogP contribution >= 0.6 is 0 Å². The standard InChI is InChI=1S/C15H20N4O/c1-9(2)12-8-13(19-18-12)17-15(20)14(16)11-6-4-10(3)5-7-11/h4-9,14H,16H2,1-3H3,(H2,17,18,19,20). The number of aryl methyl sites for hydroxylation is 1. The zero-order valence-electron chi connectivity index (χ0n) is 12.0. The summed E-state index contributed by atoms with van der Waals surface area (Å²) in [5.41, 5.74) is 8.85. The van der Waals surface area contributed by atoms with E-state index in [1.807, 2.05) is 37.3 Å². The van der Waals surface area contributed by atoms with E-state index in [0.717, 1.165) is 16.8 Å². The highest BCUT2D eigenvalue weighted by atomic mass is 16.2. The summed E-state index contributed by atoms with van der Waals surface area (Å²) in [6.45, 7) is 6.10. The topological polar surface area (TPSA) is 83.8 Å². The summed E-state index contributed by atoms with van der Waals surface area (Å²) in [6.07, 6.45) is 0. The number of carbonyl (C=O) groups is 1. The molecule has 0 saturated carbocycles. The number of hydrogen-bond acceptors (Lipinski definition) is 3. The Morgan fingerprint density at radius 3 is 2.50 bits per heavy atom. The van der Waals surface area contributed by atoms with Crippen molar-refractivity contribution in [2.75, 3.05) is 5.32 Å². The maximum absolute atomic E-state index is 12.1. The SMILES string of the molecule is Cc1ccc(C(N)C(=O)Nc2cc(C(C)C)[nH]n2)cc1. The lowest BCUT2D eigenvalue weighted by atomic mass is 10.1. The zero-order chi connectivity index (χ0) is 14.7. The van der Waals surface area contributed by atoms with Crippen LogP contribution in [0.5, 0.6) is 0 Å². The molecule has 5 heteroatoms. The van der Waals surface area contributed by atoms with Crippen molar-refractivity contribution < 1.29 is 4.79 Å². The number of aromatic amines is 1. The summed E-state index contributed by atoms with van der Waals surface area (Å²) in [6, 6.07) is 8.73. The summed E-state index contributed by atoms with van der Waals surface area (Å²) < 4.78 is 0. The third kappa shape index (κ3) is 3.24. The predicted octanol–water partition coefficient (Wildman–Crippen LogP) is 2.48. The van der Waals surface area contributed by atoms with Gasteiger partial charge in [0.25, 0.3) is 0 Å². The summed E-state index contributed by atoms with van der Waals surface area (Å²) in [7, 11) is 0. The van der Waals surface area contributed by atoms with Crippen molar-refractivity contribution in [3.63, 3.8) is 0 Å². The molecule has 1 amide bonds. The highest BCUT2D eigenvalue weighted by Gasteiger charge is 2.17. The van der Waals surface area contributed by atoms with E-state index in [1.165, 1.54) is 0 Å². The Balaban J connectivity index is 2.05. The molecule has 1 heterocycles. The number of amides is 1. The van der Waals surface area contributed by atoms with Gasteiger partial charge in [-0.1, -0.05) is 43.7 Å². The number of aromatic nitrogens is 2. The maximum atomic E-state index is 12.1. The van der Waals surface area contributed by atoms with Gasteiger partial charge < -0.3 is 11.1 Å². The molecular weight excluding hydrogens is 252 g/mol. The Labute approximate surface area is 118 Å². The molecule has 1 aromatic carbocycles.